The summed E-state index contributed by atoms with van der Waals surface area (Å²) in [7, 11) is 0. The van der Waals surface area contributed by atoms with E-state index in [0.717, 1.165) is 0 Å². The summed E-state index contributed by atoms with van der Waals surface area (Å²) in [5, 5.41) is 0. The predicted octanol–water partition coefficient (Wildman–Crippen LogP) is 4.95. The Kier molecular flexibility index (Phi) is 6.11. The van der Waals surface area contributed by atoms with Gasteiger partial charge in [-0.25, -0.2) is 0 Å². The van der Waals surface area contributed by atoms with E-state index in [2.05, 4.69) is 34.3 Å². The molecule has 0 N–H and O–H groups in total. The number of rotatable bonds is 1. The molecular formula is C13H26. The molecule has 0 heteroatoms. The smallest absolute Gasteiger partial charge is 0.0122 e. The Bertz CT molecular complexity index is 138. The molecule has 0 aromatic heterocycles. The van der Waals surface area contributed by atoms with Crippen molar-refractivity contribution in [3.63, 3.8) is 0 Å². The Hall–Kier alpha value is -0.260. The van der Waals surface area contributed by atoms with Gasteiger partial charge in [0.2, 0.25) is 0 Å². The summed E-state index contributed by atoms with van der Waals surface area (Å²) >= 11 is 0. The molecule has 13 heavy (non-hydrogen) atoms. The third kappa shape index (κ3) is 4.50. The summed E-state index contributed by atoms with van der Waals surface area (Å²) in [6, 6.07) is 0. The molecular weight excluding hydrogens is 156 g/mol. The lowest BCUT2D eigenvalue weighted by Crippen LogP contribution is -2.20. The van der Waals surface area contributed by atoms with Crippen LogP contribution in [-0.2, 0) is 0 Å². The van der Waals surface area contributed by atoms with Crippen molar-refractivity contribution in [1.82, 2.24) is 0 Å². The second-order valence-corrected chi connectivity index (χ2v) is 4.61. The zero-order valence-electron chi connectivity index (χ0n) is 9.95. The quantitative estimate of drug-likeness (QED) is 0.503. The number of allylic oxidation sites excluding steroid dienone is 1. The van der Waals surface area contributed by atoms with Crippen molar-refractivity contribution >= 4 is 0 Å². The Morgan fingerprint density at radius 1 is 1.15 bits per heavy atom. The van der Waals surface area contributed by atoms with Crippen molar-refractivity contribution in [2.45, 2.75) is 66.2 Å². The van der Waals surface area contributed by atoms with Gasteiger partial charge in [-0.1, -0.05) is 58.6 Å². The van der Waals surface area contributed by atoms with Gasteiger partial charge in [-0.15, -0.1) is 0 Å². The van der Waals surface area contributed by atoms with E-state index in [-0.39, 0.29) is 0 Å². The van der Waals surface area contributed by atoms with Crippen molar-refractivity contribution in [1.29, 1.82) is 0 Å². The highest BCUT2D eigenvalue weighted by atomic mass is 14.3. The summed E-state index contributed by atoms with van der Waals surface area (Å²) in [5.74, 6) is 0. The molecule has 1 aliphatic rings. The average molecular weight is 182 g/mol. The fraction of sp³-hybridized carbons (Fsp3) is 0.846. The van der Waals surface area contributed by atoms with Crippen LogP contribution in [0.5, 0.6) is 0 Å². The van der Waals surface area contributed by atoms with E-state index in [1.54, 1.807) is 0 Å². The number of hydrogen-bond donors (Lipinski definition) is 0. The lowest BCUT2D eigenvalue weighted by Gasteiger charge is -2.34. The Balaban J connectivity index is 0.000000424. The molecule has 1 fully saturated rings. The molecule has 78 valence electrons. The normalized spacial score (nSPS) is 20.0. The molecule has 0 heterocycles. The van der Waals surface area contributed by atoms with Crippen LogP contribution in [0, 0.1) is 5.41 Å². The van der Waals surface area contributed by atoms with E-state index < -0.39 is 0 Å². The van der Waals surface area contributed by atoms with Crippen LogP contribution >= 0.6 is 0 Å². The first-order chi connectivity index (χ1) is 6.06. The minimum absolute atomic E-state index is 0.484. The van der Waals surface area contributed by atoms with Gasteiger partial charge in [0.1, 0.15) is 0 Å². The van der Waals surface area contributed by atoms with Crippen molar-refractivity contribution < 1.29 is 0 Å². The third-order valence-electron chi connectivity index (χ3n) is 2.99. The van der Waals surface area contributed by atoms with E-state index in [4.69, 9.17) is 0 Å². The van der Waals surface area contributed by atoms with E-state index in [9.17, 15) is 0 Å². The second-order valence-electron chi connectivity index (χ2n) is 4.61. The van der Waals surface area contributed by atoms with Gasteiger partial charge in [0, 0.05) is 0 Å². The SMILES string of the molecule is C=C(C)C1(C)CCCCC1.CCC. The van der Waals surface area contributed by atoms with Crippen LogP contribution in [0.15, 0.2) is 12.2 Å². The summed E-state index contributed by atoms with van der Waals surface area (Å²) in [6.07, 6.45) is 8.22. The molecule has 0 saturated heterocycles. The zero-order chi connectivity index (χ0) is 10.3. The first kappa shape index (κ1) is 12.7. The maximum atomic E-state index is 4.05. The van der Waals surface area contributed by atoms with Crippen molar-refractivity contribution in [3.8, 4) is 0 Å². The highest BCUT2D eigenvalue weighted by Crippen LogP contribution is 2.40. The summed E-state index contributed by atoms with van der Waals surface area (Å²) in [4.78, 5) is 0. The maximum absolute atomic E-state index is 4.05. The highest BCUT2D eigenvalue weighted by molar-refractivity contribution is 5.06. The van der Waals surface area contributed by atoms with E-state index >= 15 is 0 Å². The minimum Gasteiger partial charge on any atom is -0.0996 e. The lowest BCUT2D eigenvalue weighted by atomic mass is 9.72. The predicted molar refractivity (Wildman–Crippen MR) is 62.0 cm³/mol. The van der Waals surface area contributed by atoms with Crippen LogP contribution in [0.3, 0.4) is 0 Å². The third-order valence-corrected chi connectivity index (χ3v) is 2.99. The van der Waals surface area contributed by atoms with E-state index in [1.807, 2.05) is 0 Å². The molecule has 0 nitrogen and oxygen atoms in total. The second kappa shape index (κ2) is 6.23. The topological polar surface area (TPSA) is 0 Å². The van der Waals surface area contributed by atoms with Gasteiger partial charge in [0.05, 0.1) is 0 Å². The van der Waals surface area contributed by atoms with Gasteiger partial charge in [-0.3, -0.25) is 0 Å². The molecule has 0 bridgehead atoms. The Labute approximate surface area is 84.4 Å². The van der Waals surface area contributed by atoms with Gasteiger partial charge in [0.25, 0.3) is 0 Å². The fourth-order valence-corrected chi connectivity index (χ4v) is 1.76. The zero-order valence-corrected chi connectivity index (χ0v) is 9.95. The number of hydrogen-bond acceptors (Lipinski definition) is 0. The Morgan fingerprint density at radius 2 is 1.54 bits per heavy atom. The molecule has 0 amide bonds. The van der Waals surface area contributed by atoms with Crippen LogP contribution in [0.2, 0.25) is 0 Å². The molecule has 0 radical (unpaired) electrons. The van der Waals surface area contributed by atoms with Crippen molar-refractivity contribution in [3.05, 3.63) is 12.2 Å². The lowest BCUT2D eigenvalue weighted by molar-refractivity contribution is 0.268. The summed E-state index contributed by atoms with van der Waals surface area (Å²) < 4.78 is 0. The van der Waals surface area contributed by atoms with Crippen LogP contribution in [0.4, 0.5) is 0 Å². The monoisotopic (exact) mass is 182 g/mol. The van der Waals surface area contributed by atoms with Crippen LogP contribution in [-0.4, -0.2) is 0 Å². The van der Waals surface area contributed by atoms with Crippen molar-refractivity contribution in [2.75, 3.05) is 0 Å². The van der Waals surface area contributed by atoms with Crippen LogP contribution < -0.4 is 0 Å². The minimum atomic E-state index is 0.484. The maximum Gasteiger partial charge on any atom is -0.0122 e. The summed E-state index contributed by atoms with van der Waals surface area (Å²) in [6.45, 7) is 12.8. The van der Waals surface area contributed by atoms with Gasteiger partial charge in [-0.05, 0) is 25.2 Å². The molecule has 0 aromatic rings. The average Bonchev–Trinajstić information content (AvgIpc) is 2.07. The first-order valence-electron chi connectivity index (χ1n) is 5.72. The molecule has 1 rings (SSSR count). The largest absolute Gasteiger partial charge is 0.0996 e. The Morgan fingerprint density at radius 3 is 1.77 bits per heavy atom. The fourth-order valence-electron chi connectivity index (χ4n) is 1.76. The van der Waals surface area contributed by atoms with Crippen LogP contribution in [0.1, 0.15) is 66.2 Å². The highest BCUT2D eigenvalue weighted by Gasteiger charge is 2.26. The molecule has 0 aromatic carbocycles. The first-order valence-corrected chi connectivity index (χ1v) is 5.72. The van der Waals surface area contributed by atoms with E-state index in [1.165, 1.54) is 44.1 Å². The van der Waals surface area contributed by atoms with Gasteiger partial charge >= 0.3 is 0 Å². The van der Waals surface area contributed by atoms with Gasteiger partial charge in [-0.2, -0.15) is 0 Å². The van der Waals surface area contributed by atoms with Gasteiger partial charge in [0.15, 0.2) is 0 Å². The molecule has 0 aliphatic heterocycles. The molecule has 0 unspecified atom stereocenters. The molecule has 1 saturated carbocycles. The van der Waals surface area contributed by atoms with Crippen LogP contribution in [0.25, 0.3) is 0 Å². The summed E-state index contributed by atoms with van der Waals surface area (Å²) in [5.41, 5.74) is 1.87. The molecule has 0 spiro atoms. The van der Waals surface area contributed by atoms with Gasteiger partial charge < -0.3 is 0 Å². The van der Waals surface area contributed by atoms with E-state index in [0.29, 0.717) is 5.41 Å². The molecule has 1 aliphatic carbocycles. The standard InChI is InChI=1S/C10H18.C3H8/c1-9(2)10(3)7-5-4-6-8-10;1-3-2/h1,4-8H2,2-3H3;3H2,1-2H3. The molecule has 0 atom stereocenters. The van der Waals surface area contributed by atoms with Crippen molar-refractivity contribution in [2.24, 2.45) is 5.41 Å².